The van der Waals surface area contributed by atoms with Crippen LogP contribution in [0.3, 0.4) is 0 Å². The van der Waals surface area contributed by atoms with Crippen LogP contribution in [0.1, 0.15) is 24.3 Å². The standard InChI is InChI=1S/C21H22N2O4S/c24-13-19-20-16-8-4-5-9-17(16)22(21(25)14-10-11-14)12-18(20)23(19)28(26,27)15-6-2-1-3-7-15/h1-9,14,18-20,24H,10-13H2/t18-,19-,20+/m0/s1. The number of nitrogens with zero attached hydrogens (tertiary/aromatic N) is 2. The molecule has 2 aromatic rings. The Labute approximate surface area is 164 Å². The monoisotopic (exact) mass is 398 g/mol. The van der Waals surface area contributed by atoms with Gasteiger partial charge in [-0.2, -0.15) is 4.31 Å². The van der Waals surface area contributed by atoms with Gasteiger partial charge < -0.3 is 10.0 Å². The number of anilines is 1. The molecule has 6 nitrogen and oxygen atoms in total. The molecule has 0 aromatic heterocycles. The van der Waals surface area contributed by atoms with Gasteiger partial charge >= 0.3 is 0 Å². The van der Waals surface area contributed by atoms with Crippen LogP contribution in [0.25, 0.3) is 0 Å². The molecular formula is C21H22N2O4S. The predicted octanol–water partition coefficient (Wildman–Crippen LogP) is 1.96. The maximum absolute atomic E-state index is 13.3. The van der Waals surface area contributed by atoms with Gasteiger partial charge in [-0.1, -0.05) is 36.4 Å². The van der Waals surface area contributed by atoms with Crippen molar-refractivity contribution >= 4 is 21.6 Å². The van der Waals surface area contributed by atoms with E-state index in [0.717, 1.165) is 24.1 Å². The molecule has 1 aliphatic carbocycles. The van der Waals surface area contributed by atoms with Gasteiger partial charge in [0.1, 0.15) is 0 Å². The Bertz CT molecular complexity index is 1020. The van der Waals surface area contributed by atoms with Gasteiger partial charge in [0, 0.05) is 24.1 Å². The maximum atomic E-state index is 13.3. The number of carbonyl (C=O) groups is 1. The third-order valence-corrected chi connectivity index (χ3v) is 8.10. The number of rotatable bonds is 4. The van der Waals surface area contributed by atoms with Crippen LogP contribution in [0.4, 0.5) is 5.69 Å². The fraction of sp³-hybridized carbons (Fsp3) is 0.381. The molecule has 0 radical (unpaired) electrons. The van der Waals surface area contributed by atoms with Gasteiger partial charge in [0.15, 0.2) is 0 Å². The van der Waals surface area contributed by atoms with Crippen molar-refractivity contribution in [2.45, 2.75) is 35.7 Å². The van der Waals surface area contributed by atoms with E-state index < -0.39 is 16.1 Å². The summed E-state index contributed by atoms with van der Waals surface area (Å²) in [6, 6.07) is 15.1. The average molecular weight is 398 g/mol. The van der Waals surface area contributed by atoms with E-state index in [0.29, 0.717) is 6.54 Å². The summed E-state index contributed by atoms with van der Waals surface area (Å²) >= 11 is 0. The number of aliphatic hydroxyl groups is 1. The topological polar surface area (TPSA) is 77.9 Å². The molecule has 0 bridgehead atoms. The van der Waals surface area contributed by atoms with Gasteiger partial charge in [0.05, 0.1) is 23.6 Å². The number of fused-ring (bicyclic) bond motifs is 3. The fourth-order valence-corrected chi connectivity index (χ4v) is 6.50. The van der Waals surface area contributed by atoms with Crippen LogP contribution in [0, 0.1) is 5.92 Å². The molecule has 1 N–H and O–H groups in total. The molecule has 7 heteroatoms. The summed E-state index contributed by atoms with van der Waals surface area (Å²) < 4.78 is 28.0. The summed E-state index contributed by atoms with van der Waals surface area (Å²) in [4.78, 5) is 14.9. The first-order valence-electron chi connectivity index (χ1n) is 9.64. The zero-order valence-corrected chi connectivity index (χ0v) is 16.1. The molecular weight excluding hydrogens is 376 g/mol. The second kappa shape index (κ2) is 6.40. The van der Waals surface area contributed by atoms with E-state index in [2.05, 4.69) is 0 Å². The number of carbonyl (C=O) groups excluding carboxylic acids is 1. The van der Waals surface area contributed by atoms with Gasteiger partial charge in [0.25, 0.3) is 0 Å². The quantitative estimate of drug-likeness (QED) is 0.854. The van der Waals surface area contributed by atoms with Gasteiger partial charge in [-0.3, -0.25) is 4.79 Å². The normalized spacial score (nSPS) is 26.9. The summed E-state index contributed by atoms with van der Waals surface area (Å²) in [5.41, 5.74) is 1.81. The lowest BCUT2D eigenvalue weighted by atomic mass is 9.74. The largest absolute Gasteiger partial charge is 0.395 e. The van der Waals surface area contributed by atoms with Crippen molar-refractivity contribution in [3.63, 3.8) is 0 Å². The van der Waals surface area contributed by atoms with Crippen LogP contribution in [0.15, 0.2) is 59.5 Å². The number of para-hydroxylation sites is 1. The minimum Gasteiger partial charge on any atom is -0.395 e. The predicted molar refractivity (Wildman–Crippen MR) is 104 cm³/mol. The molecule has 28 heavy (non-hydrogen) atoms. The Hall–Kier alpha value is -2.22. The fourth-order valence-electron chi connectivity index (χ4n) is 4.65. The molecule has 2 aromatic carbocycles. The molecule has 2 fully saturated rings. The Kier molecular flexibility index (Phi) is 4.08. The van der Waals surface area contributed by atoms with Crippen molar-refractivity contribution in [3.05, 3.63) is 60.2 Å². The van der Waals surface area contributed by atoms with E-state index in [1.807, 2.05) is 24.3 Å². The molecule has 3 aliphatic rings. The summed E-state index contributed by atoms with van der Waals surface area (Å²) in [7, 11) is -3.75. The van der Waals surface area contributed by atoms with Crippen molar-refractivity contribution in [1.82, 2.24) is 4.31 Å². The SMILES string of the molecule is O=C(C1CC1)N1C[C@H]2[C@@H](c3ccccc31)[C@H](CO)N2S(=O)(=O)c1ccccc1. The number of benzene rings is 2. The highest BCUT2D eigenvalue weighted by molar-refractivity contribution is 7.89. The Morgan fingerprint density at radius 2 is 1.71 bits per heavy atom. The van der Waals surface area contributed by atoms with Crippen molar-refractivity contribution in [2.75, 3.05) is 18.1 Å². The van der Waals surface area contributed by atoms with Crippen molar-refractivity contribution in [1.29, 1.82) is 0 Å². The number of hydrogen-bond donors (Lipinski definition) is 1. The van der Waals surface area contributed by atoms with Gasteiger partial charge in [-0.25, -0.2) is 8.42 Å². The van der Waals surface area contributed by atoms with E-state index in [4.69, 9.17) is 0 Å². The van der Waals surface area contributed by atoms with E-state index in [9.17, 15) is 18.3 Å². The lowest BCUT2D eigenvalue weighted by Crippen LogP contribution is -2.70. The highest BCUT2D eigenvalue weighted by Crippen LogP contribution is 2.51. The molecule has 2 aliphatic heterocycles. The zero-order valence-electron chi connectivity index (χ0n) is 15.3. The molecule has 1 amide bonds. The Morgan fingerprint density at radius 1 is 1.04 bits per heavy atom. The smallest absolute Gasteiger partial charge is 0.243 e. The first-order chi connectivity index (χ1) is 13.5. The lowest BCUT2D eigenvalue weighted by Gasteiger charge is -2.57. The number of aliphatic hydroxyl groups excluding tert-OH is 1. The summed E-state index contributed by atoms with van der Waals surface area (Å²) in [6.07, 6.45) is 1.80. The molecule has 0 spiro atoms. The van der Waals surface area contributed by atoms with Crippen LogP contribution >= 0.6 is 0 Å². The van der Waals surface area contributed by atoms with Crippen LogP contribution in [-0.4, -0.2) is 49.0 Å². The van der Waals surface area contributed by atoms with E-state index >= 15 is 0 Å². The first-order valence-corrected chi connectivity index (χ1v) is 11.1. The van der Waals surface area contributed by atoms with Crippen molar-refractivity contribution in [2.24, 2.45) is 5.92 Å². The minimum absolute atomic E-state index is 0.0532. The second-order valence-electron chi connectivity index (χ2n) is 7.77. The molecule has 1 saturated carbocycles. The Morgan fingerprint density at radius 3 is 2.39 bits per heavy atom. The second-order valence-corrected chi connectivity index (χ2v) is 9.62. The van der Waals surface area contributed by atoms with Crippen LogP contribution < -0.4 is 4.90 Å². The van der Waals surface area contributed by atoms with E-state index in [1.165, 1.54) is 4.31 Å². The highest BCUT2D eigenvalue weighted by atomic mass is 32.2. The van der Waals surface area contributed by atoms with Crippen LogP contribution in [0.5, 0.6) is 0 Å². The Balaban J connectivity index is 1.57. The van der Waals surface area contributed by atoms with Gasteiger partial charge in [0.2, 0.25) is 15.9 Å². The van der Waals surface area contributed by atoms with Crippen LogP contribution in [-0.2, 0) is 14.8 Å². The maximum Gasteiger partial charge on any atom is 0.243 e. The first kappa shape index (κ1) is 17.8. The molecule has 146 valence electrons. The van der Waals surface area contributed by atoms with E-state index in [1.54, 1.807) is 35.2 Å². The average Bonchev–Trinajstić information content (AvgIpc) is 3.53. The van der Waals surface area contributed by atoms with Gasteiger partial charge in [-0.05, 0) is 36.6 Å². The molecule has 3 atom stereocenters. The summed E-state index contributed by atoms with van der Waals surface area (Å²) in [6.45, 7) is 0.0811. The molecule has 2 heterocycles. The molecule has 5 rings (SSSR count). The number of amides is 1. The third-order valence-electron chi connectivity index (χ3n) is 6.14. The lowest BCUT2D eigenvalue weighted by molar-refractivity contribution is -0.120. The van der Waals surface area contributed by atoms with Crippen LogP contribution in [0.2, 0.25) is 0 Å². The molecule has 0 unspecified atom stereocenters. The van der Waals surface area contributed by atoms with E-state index in [-0.39, 0.29) is 35.3 Å². The van der Waals surface area contributed by atoms with Gasteiger partial charge in [-0.15, -0.1) is 0 Å². The molecule has 1 saturated heterocycles. The summed E-state index contributed by atoms with van der Waals surface area (Å²) in [5, 5.41) is 10.0. The zero-order chi connectivity index (χ0) is 19.5. The number of hydrogen-bond acceptors (Lipinski definition) is 4. The third kappa shape index (κ3) is 2.53. The van der Waals surface area contributed by atoms with Crippen molar-refractivity contribution in [3.8, 4) is 0 Å². The minimum atomic E-state index is -3.75. The summed E-state index contributed by atoms with van der Waals surface area (Å²) in [5.74, 6) is 0.0239. The highest BCUT2D eigenvalue weighted by Gasteiger charge is 2.58. The van der Waals surface area contributed by atoms with Crippen molar-refractivity contribution < 1.29 is 18.3 Å². The number of sulfonamides is 1.